The predicted molar refractivity (Wildman–Crippen MR) is 74.0 cm³/mol. The highest BCUT2D eigenvalue weighted by Crippen LogP contribution is 2.33. The maximum absolute atomic E-state index is 11.9. The molecule has 6 nitrogen and oxygen atoms in total. The molecule has 0 spiro atoms. The van der Waals surface area contributed by atoms with Crippen molar-refractivity contribution in [2.45, 2.75) is 6.92 Å². The molecule has 2 aromatic heterocycles. The number of rotatable bonds is 4. The molecule has 20 heavy (non-hydrogen) atoms. The average molecular weight is 296 g/mol. The fourth-order valence-electron chi connectivity index (χ4n) is 1.86. The number of hydrogen-bond acceptors (Lipinski definition) is 5. The predicted octanol–water partition coefficient (Wildman–Crippen LogP) is 2.32. The van der Waals surface area contributed by atoms with Crippen LogP contribution in [0.15, 0.2) is 18.3 Å². The Morgan fingerprint density at radius 3 is 2.75 bits per heavy atom. The van der Waals surface area contributed by atoms with Crippen molar-refractivity contribution in [3.63, 3.8) is 0 Å². The van der Waals surface area contributed by atoms with Gasteiger partial charge in [-0.15, -0.1) is 0 Å². The topological polar surface area (TPSA) is 66.2 Å². The van der Waals surface area contributed by atoms with Gasteiger partial charge < -0.3 is 9.47 Å². The van der Waals surface area contributed by atoms with Crippen LogP contribution in [0.4, 0.5) is 0 Å². The van der Waals surface area contributed by atoms with Crippen molar-refractivity contribution in [1.82, 2.24) is 14.8 Å². The van der Waals surface area contributed by atoms with Gasteiger partial charge in [0.05, 0.1) is 13.7 Å². The number of aromatic nitrogens is 3. The second-order valence-electron chi connectivity index (χ2n) is 3.94. The molecule has 0 aromatic carbocycles. The van der Waals surface area contributed by atoms with E-state index < -0.39 is 5.97 Å². The third-order valence-corrected chi connectivity index (χ3v) is 2.90. The van der Waals surface area contributed by atoms with Crippen LogP contribution in [0.1, 0.15) is 17.4 Å². The van der Waals surface area contributed by atoms with E-state index in [1.807, 2.05) is 0 Å². The smallest absolute Gasteiger partial charge is 0.362 e. The molecule has 0 unspecified atom stereocenters. The van der Waals surface area contributed by atoms with Crippen LogP contribution in [-0.4, -0.2) is 34.5 Å². The monoisotopic (exact) mass is 295 g/mol. The zero-order chi connectivity index (χ0) is 14.7. The summed E-state index contributed by atoms with van der Waals surface area (Å²) >= 11 is 5.77. The lowest BCUT2D eigenvalue weighted by Gasteiger charge is -2.05. The lowest BCUT2D eigenvalue weighted by atomic mass is 10.2. The first-order valence-corrected chi connectivity index (χ1v) is 6.36. The van der Waals surface area contributed by atoms with E-state index in [9.17, 15) is 4.79 Å². The van der Waals surface area contributed by atoms with Gasteiger partial charge in [0.1, 0.15) is 10.8 Å². The summed E-state index contributed by atoms with van der Waals surface area (Å²) in [7, 11) is 3.20. The normalized spacial score (nSPS) is 10.4. The van der Waals surface area contributed by atoms with Crippen LogP contribution >= 0.6 is 11.6 Å². The van der Waals surface area contributed by atoms with Crippen molar-refractivity contribution < 1.29 is 14.3 Å². The van der Waals surface area contributed by atoms with Crippen LogP contribution in [0.3, 0.4) is 0 Å². The number of methoxy groups -OCH3 is 1. The standard InChI is InChI=1S/C13H14ClN3O3/c1-4-20-13(18)10-12(19-3)11(17(2)16-10)8-5-6-9(14)15-7-8/h5-7H,4H2,1-3H3. The molecule has 0 aliphatic rings. The first kappa shape index (κ1) is 14.3. The van der Waals surface area contributed by atoms with E-state index in [0.29, 0.717) is 16.6 Å². The van der Waals surface area contributed by atoms with Crippen molar-refractivity contribution in [2.75, 3.05) is 13.7 Å². The summed E-state index contributed by atoms with van der Waals surface area (Å²) in [5, 5.41) is 4.54. The minimum atomic E-state index is -0.520. The molecule has 0 radical (unpaired) electrons. The number of carbonyl (C=O) groups is 1. The molecule has 106 valence electrons. The Morgan fingerprint density at radius 2 is 2.20 bits per heavy atom. The molecular weight excluding hydrogens is 282 g/mol. The Kier molecular flexibility index (Phi) is 4.24. The first-order chi connectivity index (χ1) is 9.58. The van der Waals surface area contributed by atoms with Gasteiger partial charge in [-0.05, 0) is 19.1 Å². The van der Waals surface area contributed by atoms with Crippen LogP contribution in [0.2, 0.25) is 5.15 Å². The molecule has 0 fully saturated rings. The van der Waals surface area contributed by atoms with Crippen molar-refractivity contribution in [1.29, 1.82) is 0 Å². The summed E-state index contributed by atoms with van der Waals surface area (Å²) in [5.74, 6) is -0.164. The van der Waals surface area contributed by atoms with Crippen LogP contribution in [0.5, 0.6) is 5.75 Å². The second-order valence-corrected chi connectivity index (χ2v) is 4.33. The van der Waals surface area contributed by atoms with E-state index in [1.54, 1.807) is 37.0 Å². The molecule has 0 amide bonds. The molecule has 0 saturated heterocycles. The molecule has 0 aliphatic heterocycles. The fraction of sp³-hybridized carbons (Fsp3) is 0.308. The highest BCUT2D eigenvalue weighted by atomic mass is 35.5. The number of nitrogens with zero attached hydrogens (tertiary/aromatic N) is 3. The largest absolute Gasteiger partial charge is 0.492 e. The number of carbonyl (C=O) groups excluding carboxylic acids is 1. The van der Waals surface area contributed by atoms with Gasteiger partial charge >= 0.3 is 5.97 Å². The van der Waals surface area contributed by atoms with Crippen molar-refractivity contribution >= 4 is 17.6 Å². The highest BCUT2D eigenvalue weighted by molar-refractivity contribution is 6.29. The molecule has 2 heterocycles. The summed E-state index contributed by atoms with van der Waals surface area (Å²) in [6, 6.07) is 3.44. The summed E-state index contributed by atoms with van der Waals surface area (Å²) in [4.78, 5) is 15.9. The van der Waals surface area contributed by atoms with Gasteiger partial charge in [-0.1, -0.05) is 11.6 Å². The first-order valence-electron chi connectivity index (χ1n) is 5.98. The maximum atomic E-state index is 11.9. The number of pyridine rings is 1. The quantitative estimate of drug-likeness (QED) is 0.640. The maximum Gasteiger partial charge on any atom is 0.362 e. The number of halogens is 1. The van der Waals surface area contributed by atoms with Crippen molar-refractivity contribution in [2.24, 2.45) is 7.05 Å². The van der Waals surface area contributed by atoms with Crippen LogP contribution in [0.25, 0.3) is 11.3 Å². The number of esters is 1. The lowest BCUT2D eigenvalue weighted by Crippen LogP contribution is -2.07. The SMILES string of the molecule is CCOC(=O)c1nn(C)c(-c2ccc(Cl)nc2)c1OC. The third kappa shape index (κ3) is 2.60. The Hall–Kier alpha value is -2.08. The van der Waals surface area contributed by atoms with Crippen molar-refractivity contribution in [3.05, 3.63) is 29.2 Å². The molecule has 0 N–H and O–H groups in total. The Balaban J connectivity index is 2.53. The number of aryl methyl sites for hydroxylation is 1. The van der Waals surface area contributed by atoms with E-state index >= 15 is 0 Å². The Labute approximate surface area is 121 Å². The van der Waals surface area contributed by atoms with Crippen LogP contribution < -0.4 is 4.74 Å². The molecule has 0 saturated carbocycles. The molecule has 0 atom stereocenters. The van der Waals surface area contributed by atoms with Gasteiger partial charge in [-0.2, -0.15) is 5.10 Å². The minimum Gasteiger partial charge on any atom is -0.492 e. The molecule has 0 bridgehead atoms. The lowest BCUT2D eigenvalue weighted by molar-refractivity contribution is 0.0515. The zero-order valence-corrected chi connectivity index (χ0v) is 12.1. The van der Waals surface area contributed by atoms with Gasteiger partial charge in [0.15, 0.2) is 5.75 Å². The molecule has 0 aliphatic carbocycles. The number of hydrogen-bond donors (Lipinski definition) is 0. The second kappa shape index (κ2) is 5.92. The summed E-state index contributed by atoms with van der Waals surface area (Å²) in [6.07, 6.45) is 1.59. The van der Waals surface area contributed by atoms with Gasteiger partial charge in [0, 0.05) is 18.8 Å². The van der Waals surface area contributed by atoms with Crippen LogP contribution in [0, 0.1) is 0 Å². The average Bonchev–Trinajstić information content (AvgIpc) is 2.77. The number of ether oxygens (including phenoxy) is 2. The van der Waals surface area contributed by atoms with Gasteiger partial charge in [0.25, 0.3) is 0 Å². The molecule has 2 rings (SSSR count). The van der Waals surface area contributed by atoms with Gasteiger partial charge in [-0.3, -0.25) is 4.68 Å². The zero-order valence-electron chi connectivity index (χ0n) is 11.4. The van der Waals surface area contributed by atoms with Gasteiger partial charge in [0.2, 0.25) is 5.69 Å². The molecular formula is C13H14ClN3O3. The molecule has 2 aromatic rings. The summed E-state index contributed by atoms with van der Waals surface area (Å²) in [5.41, 5.74) is 1.53. The van der Waals surface area contributed by atoms with E-state index in [4.69, 9.17) is 21.1 Å². The van der Waals surface area contributed by atoms with E-state index in [-0.39, 0.29) is 12.3 Å². The summed E-state index contributed by atoms with van der Waals surface area (Å²) in [6.45, 7) is 2.01. The Bertz CT molecular complexity index is 623. The van der Waals surface area contributed by atoms with E-state index in [2.05, 4.69) is 10.1 Å². The molecule has 7 heteroatoms. The minimum absolute atomic E-state index is 0.141. The summed E-state index contributed by atoms with van der Waals surface area (Å²) < 4.78 is 11.8. The van der Waals surface area contributed by atoms with E-state index in [1.165, 1.54) is 7.11 Å². The van der Waals surface area contributed by atoms with Crippen molar-refractivity contribution in [3.8, 4) is 17.0 Å². The van der Waals surface area contributed by atoms with E-state index in [0.717, 1.165) is 5.56 Å². The van der Waals surface area contributed by atoms with Crippen LogP contribution in [-0.2, 0) is 11.8 Å². The highest BCUT2D eigenvalue weighted by Gasteiger charge is 2.24. The van der Waals surface area contributed by atoms with Gasteiger partial charge in [-0.25, -0.2) is 9.78 Å². The fourth-order valence-corrected chi connectivity index (χ4v) is 1.98. The Morgan fingerprint density at radius 1 is 1.45 bits per heavy atom. The third-order valence-electron chi connectivity index (χ3n) is 2.68.